The van der Waals surface area contributed by atoms with Crippen LogP contribution in [0.3, 0.4) is 0 Å². The average Bonchev–Trinajstić information content (AvgIpc) is 2.46. The van der Waals surface area contributed by atoms with Crippen LogP contribution in [-0.2, 0) is 22.0 Å². The van der Waals surface area contributed by atoms with E-state index in [1.165, 1.54) is 0 Å². The number of benzene rings is 1. The summed E-state index contributed by atoms with van der Waals surface area (Å²) in [5.74, 6) is 1.11. The SMILES string of the molecule is NCC(Cc1ccccc1)C(=O)N1CCS(=O)CC1. The summed E-state index contributed by atoms with van der Waals surface area (Å²) in [7, 11) is -0.756. The molecular formula is C14H20N2O2S. The molecule has 19 heavy (non-hydrogen) atoms. The van der Waals surface area contributed by atoms with E-state index in [4.69, 9.17) is 5.73 Å². The van der Waals surface area contributed by atoms with Crippen molar-refractivity contribution in [3.8, 4) is 0 Å². The molecule has 1 aromatic rings. The van der Waals surface area contributed by atoms with Crippen LogP contribution < -0.4 is 5.73 Å². The van der Waals surface area contributed by atoms with Crippen LogP contribution in [0.2, 0.25) is 0 Å². The van der Waals surface area contributed by atoms with Crippen LogP contribution in [0.4, 0.5) is 0 Å². The molecule has 0 radical (unpaired) electrons. The van der Waals surface area contributed by atoms with Crippen molar-refractivity contribution in [3.05, 3.63) is 35.9 Å². The van der Waals surface area contributed by atoms with Gasteiger partial charge in [-0.1, -0.05) is 30.3 Å². The highest BCUT2D eigenvalue weighted by Gasteiger charge is 2.26. The Bertz CT molecular complexity index is 440. The number of hydrogen-bond donors (Lipinski definition) is 1. The number of rotatable bonds is 4. The molecular weight excluding hydrogens is 260 g/mol. The first-order valence-electron chi connectivity index (χ1n) is 6.58. The smallest absolute Gasteiger partial charge is 0.227 e. The number of carbonyl (C=O) groups excluding carboxylic acids is 1. The number of hydrogen-bond acceptors (Lipinski definition) is 3. The molecule has 1 unspecified atom stereocenters. The molecule has 0 aromatic heterocycles. The summed E-state index contributed by atoms with van der Waals surface area (Å²) in [6.45, 7) is 1.54. The summed E-state index contributed by atoms with van der Waals surface area (Å²) in [5.41, 5.74) is 6.88. The van der Waals surface area contributed by atoms with Gasteiger partial charge >= 0.3 is 0 Å². The third-order valence-electron chi connectivity index (χ3n) is 3.45. The van der Waals surface area contributed by atoms with Crippen molar-refractivity contribution in [3.63, 3.8) is 0 Å². The van der Waals surface area contributed by atoms with Gasteiger partial charge in [-0.3, -0.25) is 9.00 Å². The molecule has 0 spiro atoms. The number of amides is 1. The highest BCUT2D eigenvalue weighted by molar-refractivity contribution is 7.85. The highest BCUT2D eigenvalue weighted by atomic mass is 32.2. The van der Waals surface area contributed by atoms with Crippen molar-refractivity contribution in [2.24, 2.45) is 11.7 Å². The molecule has 2 N–H and O–H groups in total. The lowest BCUT2D eigenvalue weighted by Crippen LogP contribution is -2.46. The highest BCUT2D eigenvalue weighted by Crippen LogP contribution is 2.12. The van der Waals surface area contributed by atoms with Gasteiger partial charge in [0.15, 0.2) is 0 Å². The van der Waals surface area contributed by atoms with Crippen molar-refractivity contribution < 1.29 is 9.00 Å². The molecule has 1 fully saturated rings. The van der Waals surface area contributed by atoms with Crippen molar-refractivity contribution in [2.75, 3.05) is 31.1 Å². The van der Waals surface area contributed by atoms with Crippen LogP contribution in [0.1, 0.15) is 5.56 Å². The molecule has 2 rings (SSSR count). The molecule has 1 amide bonds. The molecule has 1 aliphatic heterocycles. The first kappa shape index (κ1) is 14.2. The minimum atomic E-state index is -0.756. The molecule has 4 nitrogen and oxygen atoms in total. The Morgan fingerprint density at radius 3 is 2.47 bits per heavy atom. The molecule has 1 aliphatic rings. The first-order valence-corrected chi connectivity index (χ1v) is 8.07. The van der Waals surface area contributed by atoms with Crippen LogP contribution in [-0.4, -0.2) is 46.2 Å². The average molecular weight is 280 g/mol. The molecule has 1 heterocycles. The quantitative estimate of drug-likeness (QED) is 0.868. The van der Waals surface area contributed by atoms with Gasteiger partial charge in [0.05, 0.1) is 5.92 Å². The monoisotopic (exact) mass is 280 g/mol. The second kappa shape index (κ2) is 6.82. The number of nitrogens with two attached hydrogens (primary N) is 1. The Hall–Kier alpha value is -1.20. The zero-order valence-corrected chi connectivity index (χ0v) is 11.8. The van der Waals surface area contributed by atoms with Gasteiger partial charge in [0.2, 0.25) is 5.91 Å². The lowest BCUT2D eigenvalue weighted by atomic mass is 9.98. The first-order chi connectivity index (χ1) is 9.20. The van der Waals surface area contributed by atoms with Crippen molar-refractivity contribution in [1.82, 2.24) is 4.90 Å². The minimum absolute atomic E-state index is 0.100. The van der Waals surface area contributed by atoms with E-state index >= 15 is 0 Å². The van der Waals surface area contributed by atoms with Gasteiger partial charge in [0, 0.05) is 41.9 Å². The maximum Gasteiger partial charge on any atom is 0.227 e. The third kappa shape index (κ3) is 3.88. The van der Waals surface area contributed by atoms with Gasteiger partial charge in [-0.25, -0.2) is 0 Å². The second-order valence-corrected chi connectivity index (χ2v) is 6.49. The van der Waals surface area contributed by atoms with E-state index in [2.05, 4.69) is 0 Å². The largest absolute Gasteiger partial charge is 0.341 e. The summed E-state index contributed by atoms with van der Waals surface area (Å²) < 4.78 is 11.3. The van der Waals surface area contributed by atoms with Crippen LogP contribution in [0.25, 0.3) is 0 Å². The fraction of sp³-hybridized carbons (Fsp3) is 0.500. The Balaban J connectivity index is 1.97. The van der Waals surface area contributed by atoms with Crippen molar-refractivity contribution >= 4 is 16.7 Å². The van der Waals surface area contributed by atoms with Gasteiger partial charge in [0.1, 0.15) is 0 Å². The fourth-order valence-electron chi connectivity index (χ4n) is 2.29. The molecule has 0 aliphatic carbocycles. The van der Waals surface area contributed by atoms with Gasteiger partial charge in [-0.2, -0.15) is 0 Å². The lowest BCUT2D eigenvalue weighted by molar-refractivity contribution is -0.134. The molecule has 1 saturated heterocycles. The predicted molar refractivity (Wildman–Crippen MR) is 77.1 cm³/mol. The maximum atomic E-state index is 12.4. The summed E-state index contributed by atoms with van der Waals surface area (Å²) in [6, 6.07) is 9.93. The summed E-state index contributed by atoms with van der Waals surface area (Å²) in [6.07, 6.45) is 0.676. The lowest BCUT2D eigenvalue weighted by Gasteiger charge is -2.29. The molecule has 0 bridgehead atoms. The standard InChI is InChI=1S/C14H20N2O2S/c15-11-13(10-12-4-2-1-3-5-12)14(17)16-6-8-19(18)9-7-16/h1-5,13H,6-11,15H2. The van der Waals surface area contributed by atoms with Gasteiger partial charge in [-0.05, 0) is 12.0 Å². The van der Waals surface area contributed by atoms with Gasteiger partial charge < -0.3 is 10.6 Å². The van der Waals surface area contributed by atoms with Crippen LogP contribution in [0.5, 0.6) is 0 Å². The number of carbonyl (C=O) groups is 1. The Kier molecular flexibility index (Phi) is 5.10. The van der Waals surface area contributed by atoms with E-state index in [9.17, 15) is 9.00 Å². The van der Waals surface area contributed by atoms with E-state index in [-0.39, 0.29) is 11.8 Å². The molecule has 0 saturated carbocycles. The molecule has 1 atom stereocenters. The predicted octanol–water partition coefficient (Wildman–Crippen LogP) is 0.395. The molecule has 104 valence electrons. The molecule has 1 aromatic carbocycles. The van der Waals surface area contributed by atoms with Crippen LogP contribution in [0.15, 0.2) is 30.3 Å². The number of nitrogens with zero attached hydrogens (tertiary/aromatic N) is 1. The van der Waals surface area contributed by atoms with Crippen molar-refractivity contribution in [1.29, 1.82) is 0 Å². The zero-order chi connectivity index (χ0) is 13.7. The second-order valence-electron chi connectivity index (χ2n) is 4.80. The van der Waals surface area contributed by atoms with Crippen LogP contribution in [0, 0.1) is 5.92 Å². The van der Waals surface area contributed by atoms with E-state index in [1.807, 2.05) is 35.2 Å². The Morgan fingerprint density at radius 2 is 1.89 bits per heavy atom. The maximum absolute atomic E-state index is 12.4. The normalized spacial score (nSPS) is 18.3. The van der Waals surface area contributed by atoms with E-state index in [1.54, 1.807) is 0 Å². The topological polar surface area (TPSA) is 63.4 Å². The van der Waals surface area contributed by atoms with Crippen LogP contribution >= 0.6 is 0 Å². The Labute approximate surface area is 116 Å². The fourth-order valence-corrected chi connectivity index (χ4v) is 3.34. The Morgan fingerprint density at radius 1 is 1.26 bits per heavy atom. The third-order valence-corrected chi connectivity index (χ3v) is 4.72. The van der Waals surface area contributed by atoms with Crippen molar-refractivity contribution in [2.45, 2.75) is 6.42 Å². The molecule has 5 heteroatoms. The minimum Gasteiger partial charge on any atom is -0.341 e. The summed E-state index contributed by atoms with van der Waals surface area (Å²) >= 11 is 0. The van der Waals surface area contributed by atoms with E-state index in [0.717, 1.165) is 5.56 Å². The van der Waals surface area contributed by atoms with E-state index < -0.39 is 10.8 Å². The summed E-state index contributed by atoms with van der Waals surface area (Å²) in [5, 5.41) is 0. The van der Waals surface area contributed by atoms with E-state index in [0.29, 0.717) is 37.6 Å². The van der Waals surface area contributed by atoms with Gasteiger partial charge in [-0.15, -0.1) is 0 Å². The summed E-state index contributed by atoms with van der Waals surface area (Å²) in [4.78, 5) is 14.2. The zero-order valence-electron chi connectivity index (χ0n) is 11.0. The van der Waals surface area contributed by atoms with Gasteiger partial charge in [0.25, 0.3) is 0 Å².